The van der Waals surface area contributed by atoms with Crippen LogP contribution in [0.1, 0.15) is 18.1 Å². The van der Waals surface area contributed by atoms with E-state index in [1.165, 1.54) is 26.2 Å². The first-order chi connectivity index (χ1) is 13.1. The molecular formula is C20H27N3O4S. The van der Waals surface area contributed by atoms with Gasteiger partial charge in [0.1, 0.15) is 11.8 Å². The summed E-state index contributed by atoms with van der Waals surface area (Å²) in [5, 5.41) is 5.95. The Morgan fingerprint density at radius 2 is 1.75 bits per heavy atom. The lowest BCUT2D eigenvalue weighted by Gasteiger charge is -2.19. The van der Waals surface area contributed by atoms with Crippen LogP contribution in [-0.2, 0) is 14.8 Å². The normalized spacial score (nSPS) is 12.5. The van der Waals surface area contributed by atoms with Crippen molar-refractivity contribution in [3.8, 4) is 5.75 Å². The first-order valence-corrected chi connectivity index (χ1v) is 10.3. The van der Waals surface area contributed by atoms with Crippen LogP contribution in [-0.4, -0.2) is 45.9 Å². The molecule has 0 unspecified atom stereocenters. The summed E-state index contributed by atoms with van der Waals surface area (Å²) >= 11 is 0. The van der Waals surface area contributed by atoms with Crippen molar-refractivity contribution in [1.29, 1.82) is 0 Å². The molecule has 0 saturated heterocycles. The number of hydrogen-bond donors (Lipinski definition) is 2. The van der Waals surface area contributed by atoms with Crippen LogP contribution in [0.4, 0.5) is 11.4 Å². The second kappa shape index (κ2) is 8.62. The molecular weight excluding hydrogens is 378 g/mol. The summed E-state index contributed by atoms with van der Waals surface area (Å²) in [6.45, 7) is 5.49. The molecule has 0 heterocycles. The number of nitrogens with zero attached hydrogens (tertiary/aromatic N) is 1. The molecule has 0 bridgehead atoms. The smallest absolute Gasteiger partial charge is 0.246 e. The summed E-state index contributed by atoms with van der Waals surface area (Å²) in [6.07, 6.45) is 0. The summed E-state index contributed by atoms with van der Waals surface area (Å²) in [4.78, 5) is 12.8. The van der Waals surface area contributed by atoms with Crippen molar-refractivity contribution in [2.75, 3.05) is 31.8 Å². The molecule has 0 aliphatic rings. The van der Waals surface area contributed by atoms with Gasteiger partial charge in [0.05, 0.1) is 17.7 Å². The minimum Gasteiger partial charge on any atom is -0.495 e. The Morgan fingerprint density at radius 1 is 1.07 bits per heavy atom. The summed E-state index contributed by atoms with van der Waals surface area (Å²) in [5.74, 6) is 0.353. The highest BCUT2D eigenvalue weighted by Crippen LogP contribution is 2.26. The molecule has 0 aromatic heterocycles. The Hall–Kier alpha value is -2.58. The Kier molecular flexibility index (Phi) is 6.69. The van der Waals surface area contributed by atoms with Gasteiger partial charge in [-0.1, -0.05) is 12.1 Å². The molecule has 7 nitrogen and oxygen atoms in total. The number of benzene rings is 2. The van der Waals surface area contributed by atoms with E-state index in [9.17, 15) is 13.2 Å². The third-order valence-electron chi connectivity index (χ3n) is 4.37. The van der Waals surface area contributed by atoms with Crippen LogP contribution in [0.2, 0.25) is 0 Å². The van der Waals surface area contributed by atoms with Gasteiger partial charge in [0.2, 0.25) is 15.9 Å². The van der Waals surface area contributed by atoms with Crippen molar-refractivity contribution < 1.29 is 17.9 Å². The van der Waals surface area contributed by atoms with Crippen molar-refractivity contribution >= 4 is 27.3 Å². The van der Waals surface area contributed by atoms with E-state index >= 15 is 0 Å². The highest BCUT2D eigenvalue weighted by atomic mass is 32.2. The molecule has 2 N–H and O–H groups in total. The number of rotatable bonds is 7. The van der Waals surface area contributed by atoms with Gasteiger partial charge in [-0.2, -0.15) is 0 Å². The van der Waals surface area contributed by atoms with E-state index in [0.29, 0.717) is 17.1 Å². The first kappa shape index (κ1) is 21.7. The van der Waals surface area contributed by atoms with E-state index in [1.54, 1.807) is 20.1 Å². The SMILES string of the molecule is COc1ccc(C)cc1N[C@@H](C)C(=O)Nc1cc(S(=O)(=O)N(C)C)ccc1C. The predicted molar refractivity (Wildman–Crippen MR) is 111 cm³/mol. The number of anilines is 2. The lowest BCUT2D eigenvalue weighted by atomic mass is 10.1. The Balaban J connectivity index is 2.22. The fourth-order valence-corrected chi connectivity index (χ4v) is 3.51. The van der Waals surface area contributed by atoms with Gasteiger partial charge < -0.3 is 15.4 Å². The Morgan fingerprint density at radius 3 is 2.36 bits per heavy atom. The second-order valence-corrected chi connectivity index (χ2v) is 8.98. The van der Waals surface area contributed by atoms with Gasteiger partial charge in [-0.05, 0) is 56.2 Å². The molecule has 8 heteroatoms. The number of carbonyl (C=O) groups excluding carboxylic acids is 1. The van der Waals surface area contributed by atoms with Gasteiger partial charge >= 0.3 is 0 Å². The van der Waals surface area contributed by atoms with Gasteiger partial charge in [-0.3, -0.25) is 4.79 Å². The monoisotopic (exact) mass is 405 g/mol. The number of ether oxygens (including phenoxy) is 1. The summed E-state index contributed by atoms with van der Waals surface area (Å²) in [7, 11) is 0.919. The van der Waals surface area contributed by atoms with Crippen LogP contribution in [0, 0.1) is 13.8 Å². The van der Waals surface area contributed by atoms with E-state index in [-0.39, 0.29) is 10.8 Å². The molecule has 2 aromatic carbocycles. The van der Waals surface area contributed by atoms with Crippen LogP contribution in [0.5, 0.6) is 5.75 Å². The van der Waals surface area contributed by atoms with Gasteiger partial charge in [0, 0.05) is 19.8 Å². The van der Waals surface area contributed by atoms with E-state index in [1.807, 2.05) is 32.0 Å². The minimum absolute atomic E-state index is 0.124. The highest BCUT2D eigenvalue weighted by molar-refractivity contribution is 7.89. The Labute approximate surface area is 166 Å². The standard InChI is InChI=1S/C20H27N3O4S/c1-13-7-10-19(27-6)18(11-13)21-15(3)20(24)22-17-12-16(9-8-14(17)2)28(25,26)23(4)5/h7-12,15,21H,1-6H3,(H,22,24)/t15-/m0/s1. The molecule has 0 spiro atoms. The van der Waals surface area contributed by atoms with Crippen LogP contribution in [0.15, 0.2) is 41.3 Å². The van der Waals surface area contributed by atoms with Crippen LogP contribution >= 0.6 is 0 Å². The molecule has 1 amide bonds. The van der Waals surface area contributed by atoms with Gasteiger partial charge in [-0.15, -0.1) is 0 Å². The fraction of sp³-hybridized carbons (Fsp3) is 0.350. The molecule has 28 heavy (non-hydrogen) atoms. The van der Waals surface area contributed by atoms with Crippen LogP contribution in [0.25, 0.3) is 0 Å². The summed E-state index contributed by atoms with van der Waals surface area (Å²) < 4.78 is 31.2. The summed E-state index contributed by atoms with van der Waals surface area (Å²) in [5.41, 5.74) is 2.98. The van der Waals surface area contributed by atoms with Crippen molar-refractivity contribution in [2.45, 2.75) is 31.7 Å². The number of sulfonamides is 1. The molecule has 1 atom stereocenters. The minimum atomic E-state index is -3.58. The molecule has 2 rings (SSSR count). The van der Waals surface area contributed by atoms with E-state index < -0.39 is 16.1 Å². The average molecular weight is 406 g/mol. The van der Waals surface area contributed by atoms with E-state index in [0.717, 1.165) is 15.4 Å². The van der Waals surface area contributed by atoms with Gasteiger partial charge in [0.25, 0.3) is 0 Å². The van der Waals surface area contributed by atoms with Crippen molar-refractivity contribution in [1.82, 2.24) is 4.31 Å². The number of carbonyl (C=O) groups is 1. The highest BCUT2D eigenvalue weighted by Gasteiger charge is 2.20. The number of amides is 1. The predicted octanol–water partition coefficient (Wildman–Crippen LogP) is 3.00. The number of aryl methyl sites for hydroxylation is 2. The maximum absolute atomic E-state index is 12.7. The molecule has 0 aliphatic carbocycles. The summed E-state index contributed by atoms with van der Waals surface area (Å²) in [6, 6.07) is 9.77. The van der Waals surface area contributed by atoms with Crippen LogP contribution < -0.4 is 15.4 Å². The number of hydrogen-bond acceptors (Lipinski definition) is 5. The molecule has 0 aliphatic heterocycles. The first-order valence-electron chi connectivity index (χ1n) is 8.81. The molecule has 0 radical (unpaired) electrons. The Bertz CT molecular complexity index is 971. The van der Waals surface area contributed by atoms with E-state index in [2.05, 4.69) is 10.6 Å². The van der Waals surface area contributed by atoms with Crippen LogP contribution in [0.3, 0.4) is 0 Å². The topological polar surface area (TPSA) is 87.7 Å². The number of nitrogens with one attached hydrogen (secondary N) is 2. The van der Waals surface area contributed by atoms with Crippen molar-refractivity contribution in [3.05, 3.63) is 47.5 Å². The molecule has 0 fully saturated rings. The fourth-order valence-electron chi connectivity index (χ4n) is 2.58. The van der Waals surface area contributed by atoms with Crippen molar-refractivity contribution in [3.63, 3.8) is 0 Å². The second-order valence-electron chi connectivity index (χ2n) is 6.82. The zero-order valence-electron chi connectivity index (χ0n) is 17.0. The lowest BCUT2D eigenvalue weighted by Crippen LogP contribution is -2.32. The van der Waals surface area contributed by atoms with E-state index in [4.69, 9.17) is 4.74 Å². The zero-order chi connectivity index (χ0) is 21.1. The largest absolute Gasteiger partial charge is 0.495 e. The maximum atomic E-state index is 12.7. The van der Waals surface area contributed by atoms with Crippen molar-refractivity contribution in [2.24, 2.45) is 0 Å². The zero-order valence-corrected chi connectivity index (χ0v) is 17.8. The molecule has 2 aromatic rings. The van der Waals surface area contributed by atoms with Gasteiger partial charge in [0.15, 0.2) is 0 Å². The molecule has 0 saturated carbocycles. The quantitative estimate of drug-likeness (QED) is 0.739. The maximum Gasteiger partial charge on any atom is 0.246 e. The average Bonchev–Trinajstić information content (AvgIpc) is 2.63. The third kappa shape index (κ3) is 4.82. The number of methoxy groups -OCH3 is 1. The lowest BCUT2D eigenvalue weighted by molar-refractivity contribution is -0.116. The third-order valence-corrected chi connectivity index (χ3v) is 6.18. The molecule has 152 valence electrons. The van der Waals surface area contributed by atoms with Gasteiger partial charge in [-0.25, -0.2) is 12.7 Å².